The number of hydrogen-bond acceptors (Lipinski definition) is 2. The highest BCUT2D eigenvalue weighted by Crippen LogP contribution is 2.33. The van der Waals surface area contributed by atoms with E-state index < -0.39 is 11.7 Å². The highest BCUT2D eigenvalue weighted by atomic mass is 79.9. The Morgan fingerprint density at radius 2 is 1.83 bits per heavy atom. The van der Waals surface area contributed by atoms with E-state index in [-0.39, 0.29) is 0 Å². The molecule has 2 aromatic rings. The summed E-state index contributed by atoms with van der Waals surface area (Å²) < 4.78 is 43.0. The zero-order valence-electron chi connectivity index (χ0n) is 9.38. The molecule has 0 saturated carbocycles. The third-order valence-corrected chi connectivity index (χ3v) is 2.96. The van der Waals surface area contributed by atoms with Crippen LogP contribution in [-0.4, -0.2) is 4.98 Å². The quantitative estimate of drug-likeness (QED) is 0.803. The van der Waals surface area contributed by atoms with Crippen LogP contribution in [-0.2, 0) is 12.6 Å². The first kappa shape index (κ1) is 13.1. The van der Waals surface area contributed by atoms with Crippen molar-refractivity contribution in [3.63, 3.8) is 0 Å². The van der Waals surface area contributed by atoms with Crippen molar-refractivity contribution in [3.8, 4) is 11.3 Å². The van der Waals surface area contributed by atoms with Gasteiger partial charge in [-0.15, -0.1) is 0 Å². The monoisotopic (exact) mass is 319 g/mol. The summed E-state index contributed by atoms with van der Waals surface area (Å²) >= 11 is 3.20. The second-order valence-electron chi connectivity index (χ2n) is 3.66. The molecule has 6 heteroatoms. The van der Waals surface area contributed by atoms with Crippen LogP contribution in [0, 0.1) is 0 Å². The molecular formula is C12H9BrF3NO. The Labute approximate surface area is 110 Å². The number of rotatable bonds is 2. The zero-order chi connectivity index (χ0) is 13.3. The molecule has 1 aromatic carbocycles. The van der Waals surface area contributed by atoms with E-state index in [1.807, 2.05) is 6.92 Å². The summed E-state index contributed by atoms with van der Waals surface area (Å²) in [6.45, 7) is 1.88. The van der Waals surface area contributed by atoms with Gasteiger partial charge in [0.25, 0.3) is 0 Å². The Balaban J connectivity index is 2.37. The van der Waals surface area contributed by atoms with E-state index in [1.54, 1.807) is 0 Å². The molecular weight excluding hydrogens is 311 g/mol. The average Bonchev–Trinajstić information content (AvgIpc) is 2.70. The maximum Gasteiger partial charge on any atom is 0.416 e. The number of nitrogens with zero attached hydrogens (tertiary/aromatic N) is 1. The smallest absolute Gasteiger partial charge is 0.416 e. The SMILES string of the molecule is CCc1nc(-c2ccc(C(F)(F)F)cc2)c(Br)o1. The largest absolute Gasteiger partial charge is 0.433 e. The minimum Gasteiger partial charge on any atom is -0.433 e. The van der Waals surface area contributed by atoms with Crippen LogP contribution >= 0.6 is 15.9 Å². The van der Waals surface area contributed by atoms with Crippen LogP contribution in [0.15, 0.2) is 33.4 Å². The van der Waals surface area contributed by atoms with E-state index in [2.05, 4.69) is 20.9 Å². The number of hydrogen-bond donors (Lipinski definition) is 0. The van der Waals surface area contributed by atoms with Gasteiger partial charge >= 0.3 is 6.18 Å². The molecule has 0 unspecified atom stereocenters. The first-order chi connectivity index (χ1) is 8.41. The molecule has 1 heterocycles. The number of oxazole rings is 1. The van der Waals surface area contributed by atoms with Crippen LogP contribution < -0.4 is 0 Å². The lowest BCUT2D eigenvalue weighted by atomic mass is 10.1. The highest BCUT2D eigenvalue weighted by Gasteiger charge is 2.30. The third-order valence-electron chi connectivity index (χ3n) is 2.42. The Hall–Kier alpha value is -1.30. The number of aryl methyl sites for hydroxylation is 1. The van der Waals surface area contributed by atoms with Crippen molar-refractivity contribution in [2.75, 3.05) is 0 Å². The van der Waals surface area contributed by atoms with Crippen LogP contribution in [0.3, 0.4) is 0 Å². The number of aromatic nitrogens is 1. The van der Waals surface area contributed by atoms with Gasteiger partial charge in [-0.05, 0) is 28.1 Å². The lowest BCUT2D eigenvalue weighted by Gasteiger charge is -2.06. The van der Waals surface area contributed by atoms with Gasteiger partial charge in [-0.3, -0.25) is 0 Å². The van der Waals surface area contributed by atoms with E-state index in [4.69, 9.17) is 4.42 Å². The van der Waals surface area contributed by atoms with Crippen LogP contribution in [0.5, 0.6) is 0 Å². The molecule has 0 amide bonds. The zero-order valence-corrected chi connectivity index (χ0v) is 11.0. The van der Waals surface area contributed by atoms with Gasteiger partial charge in [-0.1, -0.05) is 19.1 Å². The predicted octanol–water partition coefficient (Wildman–Crippen LogP) is 4.69. The van der Waals surface area contributed by atoms with Crippen molar-refractivity contribution < 1.29 is 17.6 Å². The van der Waals surface area contributed by atoms with Crippen molar-refractivity contribution in [1.29, 1.82) is 0 Å². The summed E-state index contributed by atoms with van der Waals surface area (Å²) in [4.78, 5) is 4.20. The molecule has 0 spiro atoms. The molecule has 0 atom stereocenters. The minimum absolute atomic E-state index is 0.430. The molecule has 0 aliphatic heterocycles. The molecule has 0 aliphatic rings. The molecule has 2 nitrogen and oxygen atoms in total. The normalized spacial score (nSPS) is 11.8. The van der Waals surface area contributed by atoms with Crippen molar-refractivity contribution in [2.24, 2.45) is 0 Å². The molecule has 96 valence electrons. The Kier molecular flexibility index (Phi) is 3.47. The summed E-state index contributed by atoms with van der Waals surface area (Å²) in [5.41, 5.74) is 0.417. The Morgan fingerprint density at radius 1 is 1.22 bits per heavy atom. The van der Waals surface area contributed by atoms with Gasteiger partial charge in [-0.25, -0.2) is 4.98 Å². The van der Waals surface area contributed by atoms with Crippen molar-refractivity contribution >= 4 is 15.9 Å². The molecule has 2 rings (SSSR count). The maximum absolute atomic E-state index is 12.4. The molecule has 18 heavy (non-hydrogen) atoms. The van der Waals surface area contributed by atoms with Gasteiger partial charge in [-0.2, -0.15) is 13.2 Å². The summed E-state index contributed by atoms with van der Waals surface area (Å²) in [6, 6.07) is 4.82. The standard InChI is InChI=1S/C12H9BrF3NO/c1-2-9-17-10(11(13)18-9)7-3-5-8(6-4-7)12(14,15)16/h3-6H,2H2,1H3. The van der Waals surface area contributed by atoms with Crippen LogP contribution in [0.4, 0.5) is 13.2 Å². The third kappa shape index (κ3) is 2.58. The topological polar surface area (TPSA) is 26.0 Å². The first-order valence-corrected chi connectivity index (χ1v) is 6.04. The fourth-order valence-corrected chi connectivity index (χ4v) is 1.99. The van der Waals surface area contributed by atoms with E-state index >= 15 is 0 Å². The van der Waals surface area contributed by atoms with Crippen molar-refractivity contribution in [1.82, 2.24) is 4.98 Å². The van der Waals surface area contributed by atoms with E-state index in [1.165, 1.54) is 12.1 Å². The van der Waals surface area contributed by atoms with E-state index in [0.717, 1.165) is 12.1 Å². The molecule has 0 fully saturated rings. The Morgan fingerprint density at radius 3 is 2.28 bits per heavy atom. The van der Waals surface area contributed by atoms with Crippen molar-refractivity contribution in [2.45, 2.75) is 19.5 Å². The Bertz CT molecular complexity index is 545. The van der Waals surface area contributed by atoms with Gasteiger partial charge in [0.1, 0.15) is 5.69 Å². The van der Waals surface area contributed by atoms with Crippen LogP contribution in [0.1, 0.15) is 18.4 Å². The fourth-order valence-electron chi connectivity index (χ4n) is 1.49. The fraction of sp³-hybridized carbons (Fsp3) is 0.250. The molecule has 1 aromatic heterocycles. The molecule has 0 aliphatic carbocycles. The predicted molar refractivity (Wildman–Crippen MR) is 64.0 cm³/mol. The minimum atomic E-state index is -4.33. The van der Waals surface area contributed by atoms with Gasteiger partial charge in [0, 0.05) is 12.0 Å². The van der Waals surface area contributed by atoms with E-state index in [0.29, 0.717) is 28.2 Å². The van der Waals surface area contributed by atoms with Crippen LogP contribution in [0.2, 0.25) is 0 Å². The summed E-state index contributed by atoms with van der Waals surface area (Å²) in [5.74, 6) is 0.539. The number of halogens is 4. The van der Waals surface area contributed by atoms with Crippen LogP contribution in [0.25, 0.3) is 11.3 Å². The summed E-state index contributed by atoms with van der Waals surface area (Å²) in [5, 5.41) is 0. The molecule has 0 saturated heterocycles. The highest BCUT2D eigenvalue weighted by molar-refractivity contribution is 9.10. The lowest BCUT2D eigenvalue weighted by Crippen LogP contribution is -2.04. The second kappa shape index (κ2) is 4.76. The van der Waals surface area contributed by atoms with Gasteiger partial charge < -0.3 is 4.42 Å². The lowest BCUT2D eigenvalue weighted by molar-refractivity contribution is -0.137. The van der Waals surface area contributed by atoms with E-state index in [9.17, 15) is 13.2 Å². The van der Waals surface area contributed by atoms with Gasteiger partial charge in [0.15, 0.2) is 10.6 Å². The average molecular weight is 320 g/mol. The van der Waals surface area contributed by atoms with Gasteiger partial charge in [0.2, 0.25) is 0 Å². The number of benzene rings is 1. The maximum atomic E-state index is 12.4. The van der Waals surface area contributed by atoms with Crippen molar-refractivity contribution in [3.05, 3.63) is 40.4 Å². The number of alkyl halides is 3. The summed E-state index contributed by atoms with van der Waals surface area (Å²) in [7, 11) is 0. The first-order valence-electron chi connectivity index (χ1n) is 5.24. The molecule has 0 bridgehead atoms. The molecule has 0 N–H and O–H groups in total. The molecule has 0 radical (unpaired) electrons. The van der Waals surface area contributed by atoms with Gasteiger partial charge in [0.05, 0.1) is 5.56 Å². The summed E-state index contributed by atoms with van der Waals surface area (Å²) in [6.07, 6.45) is -3.70. The second-order valence-corrected chi connectivity index (χ2v) is 4.38.